The van der Waals surface area contributed by atoms with Crippen LogP contribution in [0.1, 0.15) is 25.7 Å². The maximum Gasteiger partial charge on any atom is 0.263 e. The van der Waals surface area contributed by atoms with Gasteiger partial charge in [0.05, 0.1) is 6.10 Å². The van der Waals surface area contributed by atoms with Crippen molar-refractivity contribution in [2.75, 3.05) is 19.6 Å². The van der Waals surface area contributed by atoms with Crippen LogP contribution in [0.25, 0.3) is 0 Å². The Morgan fingerprint density at radius 3 is 2.94 bits per heavy atom. The number of hydrazine groups is 1. The lowest BCUT2D eigenvalue weighted by Gasteiger charge is -2.32. The molecule has 0 aromatic heterocycles. The number of nitrogens with zero attached hydrogens (tertiary/aromatic N) is 1. The summed E-state index contributed by atoms with van der Waals surface area (Å²) in [6, 6.07) is 0.285. The number of piperidine rings is 1. The van der Waals surface area contributed by atoms with Crippen LogP contribution in [-0.2, 0) is 9.53 Å². The Bertz CT molecular complexity index is 274. The van der Waals surface area contributed by atoms with Gasteiger partial charge in [0.15, 0.2) is 0 Å². The van der Waals surface area contributed by atoms with Crippen molar-refractivity contribution >= 4 is 5.91 Å². The van der Waals surface area contributed by atoms with Gasteiger partial charge in [0.1, 0.15) is 6.10 Å². The summed E-state index contributed by atoms with van der Waals surface area (Å²) >= 11 is 0. The average molecular weight is 242 g/mol. The van der Waals surface area contributed by atoms with E-state index in [1.165, 1.54) is 0 Å². The molecule has 0 saturated carbocycles. The summed E-state index contributed by atoms with van der Waals surface area (Å²) in [7, 11) is 0. The highest BCUT2D eigenvalue weighted by Crippen LogP contribution is 2.21. The molecule has 3 atom stereocenters. The number of carbonyl (C=O) groups is 1. The van der Waals surface area contributed by atoms with Crippen LogP contribution in [0.2, 0.25) is 0 Å². The third-order valence-corrected chi connectivity index (χ3v) is 3.55. The van der Waals surface area contributed by atoms with E-state index in [1.807, 2.05) is 0 Å². The second-order valence-corrected chi connectivity index (χ2v) is 4.99. The first-order chi connectivity index (χ1) is 8.19. The highest BCUT2D eigenvalue weighted by molar-refractivity contribution is 5.80. The number of nitrogens with one attached hydrogen (secondary N) is 1. The van der Waals surface area contributed by atoms with Crippen molar-refractivity contribution in [1.29, 1.82) is 0 Å². The van der Waals surface area contributed by atoms with Crippen molar-refractivity contribution in [2.45, 2.75) is 43.9 Å². The van der Waals surface area contributed by atoms with Gasteiger partial charge < -0.3 is 10.5 Å². The van der Waals surface area contributed by atoms with Gasteiger partial charge in [-0.15, -0.1) is 0 Å². The van der Waals surface area contributed by atoms with Gasteiger partial charge in [0, 0.05) is 19.1 Å². The molecule has 3 unspecified atom stereocenters. The molecule has 0 aromatic carbocycles. The van der Waals surface area contributed by atoms with E-state index < -0.39 is 0 Å². The van der Waals surface area contributed by atoms with Crippen LogP contribution < -0.4 is 17.0 Å². The largest absolute Gasteiger partial charge is 0.364 e. The maximum absolute atomic E-state index is 11.3. The van der Waals surface area contributed by atoms with Crippen molar-refractivity contribution in [3.05, 3.63) is 0 Å². The Kier molecular flexibility index (Phi) is 4.33. The summed E-state index contributed by atoms with van der Waals surface area (Å²) in [5, 5.41) is 0. The fourth-order valence-corrected chi connectivity index (χ4v) is 2.67. The number of rotatable bonds is 3. The maximum atomic E-state index is 11.3. The third kappa shape index (κ3) is 3.38. The highest BCUT2D eigenvalue weighted by Gasteiger charge is 2.31. The van der Waals surface area contributed by atoms with Crippen LogP contribution >= 0.6 is 0 Å². The Morgan fingerprint density at radius 2 is 2.24 bits per heavy atom. The van der Waals surface area contributed by atoms with E-state index in [0.717, 1.165) is 45.3 Å². The molecule has 0 aromatic rings. The van der Waals surface area contributed by atoms with E-state index >= 15 is 0 Å². The first-order valence-corrected chi connectivity index (χ1v) is 6.33. The minimum Gasteiger partial charge on any atom is -0.364 e. The van der Waals surface area contributed by atoms with E-state index in [1.54, 1.807) is 0 Å². The number of hydrogen-bond acceptors (Lipinski definition) is 5. The van der Waals surface area contributed by atoms with Crippen LogP contribution in [0.3, 0.4) is 0 Å². The molecule has 0 bridgehead atoms. The van der Waals surface area contributed by atoms with Crippen molar-refractivity contribution in [3.8, 4) is 0 Å². The van der Waals surface area contributed by atoms with Gasteiger partial charge >= 0.3 is 0 Å². The van der Waals surface area contributed by atoms with E-state index in [2.05, 4.69) is 10.3 Å². The molecule has 6 heteroatoms. The van der Waals surface area contributed by atoms with Gasteiger partial charge in [-0.1, -0.05) is 0 Å². The van der Waals surface area contributed by atoms with Gasteiger partial charge in [-0.3, -0.25) is 15.1 Å². The summed E-state index contributed by atoms with van der Waals surface area (Å²) in [4.78, 5) is 13.6. The molecule has 1 amide bonds. The Hall–Kier alpha value is -0.690. The molecule has 5 N–H and O–H groups in total. The zero-order chi connectivity index (χ0) is 12.3. The number of hydrogen-bond donors (Lipinski definition) is 3. The van der Waals surface area contributed by atoms with Crippen LogP contribution in [-0.4, -0.2) is 48.7 Å². The van der Waals surface area contributed by atoms with Crippen molar-refractivity contribution in [1.82, 2.24) is 10.3 Å². The minimum absolute atomic E-state index is 0.141. The Morgan fingerprint density at radius 1 is 1.41 bits per heavy atom. The van der Waals surface area contributed by atoms with E-state index in [0.29, 0.717) is 0 Å². The van der Waals surface area contributed by atoms with Crippen LogP contribution in [0.15, 0.2) is 0 Å². The summed E-state index contributed by atoms with van der Waals surface area (Å²) in [5.74, 6) is 4.87. The van der Waals surface area contributed by atoms with Gasteiger partial charge in [-0.25, -0.2) is 5.84 Å². The quantitative estimate of drug-likeness (QED) is 0.333. The van der Waals surface area contributed by atoms with Crippen molar-refractivity contribution in [2.24, 2.45) is 11.6 Å². The van der Waals surface area contributed by atoms with Crippen molar-refractivity contribution < 1.29 is 9.53 Å². The zero-order valence-corrected chi connectivity index (χ0v) is 10.1. The zero-order valence-electron chi connectivity index (χ0n) is 10.1. The highest BCUT2D eigenvalue weighted by atomic mass is 16.5. The number of carbonyl (C=O) groups excluding carboxylic acids is 1. The molecular weight excluding hydrogens is 220 g/mol. The molecule has 0 radical (unpaired) electrons. The molecule has 2 aliphatic heterocycles. The topological polar surface area (TPSA) is 93.6 Å². The van der Waals surface area contributed by atoms with Gasteiger partial charge in [0.25, 0.3) is 5.91 Å². The number of ether oxygens (including phenoxy) is 1. The molecule has 0 aliphatic carbocycles. The Labute approximate surface area is 102 Å². The molecule has 98 valence electrons. The lowest BCUT2D eigenvalue weighted by atomic mass is 10.1. The van der Waals surface area contributed by atoms with Crippen LogP contribution in [0, 0.1) is 0 Å². The summed E-state index contributed by atoms with van der Waals surface area (Å²) in [6.45, 7) is 2.90. The average Bonchev–Trinajstić information content (AvgIpc) is 2.76. The number of amides is 1. The number of nitrogens with two attached hydrogens (primary N) is 2. The van der Waals surface area contributed by atoms with E-state index in [-0.39, 0.29) is 24.2 Å². The van der Waals surface area contributed by atoms with Crippen molar-refractivity contribution in [3.63, 3.8) is 0 Å². The molecular formula is C11H22N4O2. The number of likely N-dealkylation sites (tertiary alicyclic amines) is 1. The van der Waals surface area contributed by atoms with Gasteiger partial charge in [0.2, 0.25) is 0 Å². The minimum atomic E-state index is -0.372. The second-order valence-electron chi connectivity index (χ2n) is 4.99. The molecule has 2 aliphatic rings. The fraction of sp³-hybridized carbons (Fsp3) is 0.909. The van der Waals surface area contributed by atoms with Gasteiger partial charge in [-0.2, -0.15) is 0 Å². The molecule has 2 fully saturated rings. The van der Waals surface area contributed by atoms with Gasteiger partial charge in [-0.05, 0) is 32.2 Å². The molecule has 17 heavy (non-hydrogen) atoms. The Balaban J connectivity index is 1.75. The molecule has 0 spiro atoms. The molecule has 2 rings (SSSR count). The second kappa shape index (κ2) is 5.77. The predicted molar refractivity (Wildman–Crippen MR) is 63.9 cm³/mol. The smallest absolute Gasteiger partial charge is 0.263 e. The fourth-order valence-electron chi connectivity index (χ4n) is 2.67. The summed E-state index contributed by atoms with van der Waals surface area (Å²) in [5.41, 5.74) is 8.07. The first kappa shape index (κ1) is 12.8. The summed E-state index contributed by atoms with van der Waals surface area (Å²) in [6.07, 6.45) is 3.71. The van der Waals surface area contributed by atoms with Crippen LogP contribution in [0.4, 0.5) is 0 Å². The van der Waals surface area contributed by atoms with Crippen LogP contribution in [0.5, 0.6) is 0 Å². The monoisotopic (exact) mass is 242 g/mol. The molecule has 6 nitrogen and oxygen atoms in total. The normalized spacial score (nSPS) is 34.8. The SMILES string of the molecule is NNC(=O)C1CCC(CN2CCCC(N)C2)O1. The third-order valence-electron chi connectivity index (χ3n) is 3.55. The molecule has 2 heterocycles. The van der Waals surface area contributed by atoms with E-state index in [9.17, 15) is 4.79 Å². The lowest BCUT2D eigenvalue weighted by molar-refractivity contribution is -0.132. The first-order valence-electron chi connectivity index (χ1n) is 6.33. The standard InChI is InChI=1S/C11H22N4O2/c12-8-2-1-5-15(6-8)7-9-3-4-10(17-9)11(16)14-13/h8-10H,1-7,12-13H2,(H,14,16). The molecule has 2 saturated heterocycles. The van der Waals surface area contributed by atoms with E-state index in [4.69, 9.17) is 16.3 Å². The lowest BCUT2D eigenvalue weighted by Crippen LogP contribution is -2.46. The predicted octanol–water partition coefficient (Wildman–Crippen LogP) is -1.05. The summed E-state index contributed by atoms with van der Waals surface area (Å²) < 4.78 is 5.68.